The zero-order valence-electron chi connectivity index (χ0n) is 18.2. The van der Waals surface area contributed by atoms with E-state index in [1.165, 1.54) is 19.2 Å². The molecule has 1 unspecified atom stereocenters. The fourth-order valence-electron chi connectivity index (χ4n) is 4.48. The maximum Gasteiger partial charge on any atom is 0.416 e. The van der Waals surface area contributed by atoms with Gasteiger partial charge in [0, 0.05) is 36.0 Å². The van der Waals surface area contributed by atoms with Crippen LogP contribution in [0, 0.1) is 0 Å². The zero-order chi connectivity index (χ0) is 23.8. The van der Waals surface area contributed by atoms with Gasteiger partial charge in [0.2, 0.25) is 0 Å². The highest BCUT2D eigenvalue weighted by atomic mass is 19.4. The number of halogens is 3. The molecule has 1 atom stereocenters. The van der Waals surface area contributed by atoms with E-state index in [-0.39, 0.29) is 23.5 Å². The Morgan fingerprint density at radius 1 is 1.12 bits per heavy atom. The number of carbonyl (C=O) groups is 2. The van der Waals surface area contributed by atoms with Crippen molar-refractivity contribution in [2.24, 2.45) is 0 Å². The molecule has 2 aromatic carbocycles. The van der Waals surface area contributed by atoms with Crippen LogP contribution in [0.25, 0.3) is 0 Å². The van der Waals surface area contributed by atoms with Gasteiger partial charge in [-0.2, -0.15) is 13.2 Å². The van der Waals surface area contributed by atoms with Gasteiger partial charge >= 0.3 is 12.1 Å². The zero-order valence-corrected chi connectivity index (χ0v) is 18.2. The predicted molar refractivity (Wildman–Crippen MR) is 116 cm³/mol. The van der Waals surface area contributed by atoms with E-state index < -0.39 is 23.6 Å². The summed E-state index contributed by atoms with van der Waals surface area (Å²) in [6, 6.07) is 14.5. The second-order valence-corrected chi connectivity index (χ2v) is 8.16. The largest absolute Gasteiger partial charge is 0.466 e. The smallest absolute Gasteiger partial charge is 0.416 e. The van der Waals surface area contributed by atoms with E-state index >= 15 is 0 Å². The number of esters is 1. The standard InChI is InChI=1S/C25H23F3N2O3/c1-15-21(24(32)33-2)22(17-9-6-10-18(11-17)25(26,27)28)23-19(29-15)13-30(14-20(23)31)12-16-7-4-3-5-8-16/h3-11,22,29H,12-14H2,1-2H3. The Hall–Kier alpha value is -3.39. The van der Waals surface area contributed by atoms with E-state index in [9.17, 15) is 22.8 Å². The Kier molecular flexibility index (Phi) is 6.12. The topological polar surface area (TPSA) is 58.6 Å². The molecule has 0 aliphatic carbocycles. The molecule has 4 rings (SSSR count). The summed E-state index contributed by atoms with van der Waals surface area (Å²) in [4.78, 5) is 27.9. The molecule has 2 aliphatic rings. The molecule has 0 bridgehead atoms. The van der Waals surface area contributed by atoms with Crippen molar-refractivity contribution in [3.63, 3.8) is 0 Å². The minimum absolute atomic E-state index is 0.0956. The van der Waals surface area contributed by atoms with Gasteiger partial charge in [-0.15, -0.1) is 0 Å². The van der Waals surface area contributed by atoms with Crippen LogP contribution in [0.4, 0.5) is 13.2 Å². The van der Waals surface area contributed by atoms with E-state index in [0.717, 1.165) is 17.7 Å². The maximum absolute atomic E-state index is 13.4. The number of Topliss-reactive ketones (excluding diaryl/α,β-unsaturated/α-hetero) is 1. The van der Waals surface area contributed by atoms with Crippen LogP contribution in [0.3, 0.4) is 0 Å². The Morgan fingerprint density at radius 2 is 1.85 bits per heavy atom. The normalized spacial score (nSPS) is 19.3. The van der Waals surface area contributed by atoms with Crippen molar-refractivity contribution < 1.29 is 27.5 Å². The summed E-state index contributed by atoms with van der Waals surface area (Å²) < 4.78 is 45.1. The number of benzene rings is 2. The molecule has 2 heterocycles. The molecular formula is C25H23F3N2O3. The van der Waals surface area contributed by atoms with Crippen LogP contribution in [0.5, 0.6) is 0 Å². The first-order valence-electron chi connectivity index (χ1n) is 10.4. The third kappa shape index (κ3) is 4.57. The number of nitrogens with one attached hydrogen (secondary N) is 1. The average molecular weight is 456 g/mol. The van der Waals surface area contributed by atoms with Gasteiger partial charge in [0.25, 0.3) is 0 Å². The molecule has 0 spiro atoms. The van der Waals surface area contributed by atoms with Gasteiger partial charge in [0.15, 0.2) is 5.78 Å². The lowest BCUT2D eigenvalue weighted by molar-refractivity contribution is -0.137. The van der Waals surface area contributed by atoms with Gasteiger partial charge in [0.05, 0.1) is 24.8 Å². The van der Waals surface area contributed by atoms with Gasteiger partial charge in [-0.1, -0.05) is 48.5 Å². The summed E-state index contributed by atoms with van der Waals surface area (Å²) in [5.74, 6) is -1.87. The molecular weight excluding hydrogens is 433 g/mol. The molecule has 33 heavy (non-hydrogen) atoms. The number of methoxy groups -OCH3 is 1. The number of hydrogen-bond donors (Lipinski definition) is 1. The van der Waals surface area contributed by atoms with Gasteiger partial charge < -0.3 is 10.1 Å². The molecule has 2 aromatic rings. The molecule has 5 nitrogen and oxygen atoms in total. The predicted octanol–water partition coefficient (Wildman–Crippen LogP) is 4.18. The Labute approximate surface area is 189 Å². The van der Waals surface area contributed by atoms with Gasteiger partial charge in [-0.05, 0) is 24.1 Å². The first kappa shape index (κ1) is 22.8. The van der Waals surface area contributed by atoms with Crippen LogP contribution < -0.4 is 5.32 Å². The summed E-state index contributed by atoms with van der Waals surface area (Å²) >= 11 is 0. The van der Waals surface area contributed by atoms with Crippen LogP contribution in [0.2, 0.25) is 0 Å². The summed E-state index contributed by atoms with van der Waals surface area (Å²) in [6.07, 6.45) is -4.55. The van der Waals surface area contributed by atoms with Crippen molar-refractivity contribution in [3.8, 4) is 0 Å². The first-order valence-corrected chi connectivity index (χ1v) is 10.4. The first-order chi connectivity index (χ1) is 15.7. The number of dihydropyridines is 1. The third-order valence-corrected chi connectivity index (χ3v) is 5.90. The SMILES string of the molecule is COC(=O)C1=C(C)NC2=C(C(=O)CN(Cc3ccccc3)C2)C1c1cccc(C(F)(F)F)c1. The van der Waals surface area contributed by atoms with E-state index in [4.69, 9.17) is 4.74 Å². The lowest BCUT2D eigenvalue weighted by atomic mass is 9.77. The minimum atomic E-state index is -4.55. The number of carbonyl (C=O) groups excluding carboxylic acids is 2. The lowest BCUT2D eigenvalue weighted by Gasteiger charge is -2.38. The highest BCUT2D eigenvalue weighted by Gasteiger charge is 2.41. The van der Waals surface area contributed by atoms with Crippen molar-refractivity contribution in [3.05, 3.63) is 93.8 Å². The Morgan fingerprint density at radius 3 is 2.52 bits per heavy atom. The van der Waals surface area contributed by atoms with E-state index in [0.29, 0.717) is 30.1 Å². The lowest BCUT2D eigenvalue weighted by Crippen LogP contribution is -2.45. The van der Waals surface area contributed by atoms with E-state index in [1.54, 1.807) is 6.92 Å². The van der Waals surface area contributed by atoms with Crippen LogP contribution in [-0.2, 0) is 27.0 Å². The van der Waals surface area contributed by atoms with Crippen LogP contribution >= 0.6 is 0 Å². The molecule has 0 fully saturated rings. The number of alkyl halides is 3. The molecule has 0 aromatic heterocycles. The monoisotopic (exact) mass is 456 g/mol. The highest BCUT2D eigenvalue weighted by molar-refractivity contribution is 6.04. The van der Waals surface area contributed by atoms with Gasteiger partial charge in [0.1, 0.15) is 0 Å². The molecule has 0 saturated heterocycles. The van der Waals surface area contributed by atoms with Crippen molar-refractivity contribution in [2.45, 2.75) is 25.6 Å². The Balaban J connectivity index is 1.77. The molecule has 172 valence electrons. The van der Waals surface area contributed by atoms with Crippen molar-refractivity contribution >= 4 is 11.8 Å². The molecule has 0 radical (unpaired) electrons. The molecule has 1 N–H and O–H groups in total. The van der Waals surface area contributed by atoms with Crippen molar-refractivity contribution in [2.75, 3.05) is 20.2 Å². The van der Waals surface area contributed by atoms with Gasteiger partial charge in [-0.3, -0.25) is 9.69 Å². The fraction of sp³-hybridized carbons (Fsp3) is 0.280. The number of rotatable bonds is 4. The average Bonchev–Trinajstić information content (AvgIpc) is 2.78. The number of hydrogen-bond acceptors (Lipinski definition) is 5. The van der Waals surface area contributed by atoms with Crippen molar-refractivity contribution in [1.29, 1.82) is 0 Å². The Bertz CT molecular complexity index is 1150. The summed E-state index contributed by atoms with van der Waals surface area (Å²) in [5, 5.41) is 3.15. The van der Waals surface area contributed by atoms with Crippen molar-refractivity contribution in [1.82, 2.24) is 10.2 Å². The number of allylic oxidation sites excluding steroid dienone is 1. The summed E-state index contributed by atoms with van der Waals surface area (Å²) in [7, 11) is 1.21. The minimum Gasteiger partial charge on any atom is -0.466 e. The third-order valence-electron chi connectivity index (χ3n) is 5.90. The van der Waals surface area contributed by atoms with Crippen LogP contribution in [-0.4, -0.2) is 36.9 Å². The molecule has 0 amide bonds. The summed E-state index contributed by atoms with van der Waals surface area (Å²) in [5.41, 5.74) is 1.93. The van der Waals surface area contributed by atoms with Crippen LogP contribution in [0.1, 0.15) is 29.5 Å². The quantitative estimate of drug-likeness (QED) is 0.700. The molecule has 8 heteroatoms. The van der Waals surface area contributed by atoms with Gasteiger partial charge in [-0.25, -0.2) is 4.79 Å². The number of ether oxygens (including phenoxy) is 1. The van der Waals surface area contributed by atoms with Crippen LogP contribution in [0.15, 0.2) is 77.1 Å². The number of ketones is 1. The summed E-state index contributed by atoms with van der Waals surface area (Å²) in [6.45, 7) is 2.71. The number of nitrogens with zero attached hydrogens (tertiary/aromatic N) is 1. The highest BCUT2D eigenvalue weighted by Crippen LogP contribution is 2.42. The molecule has 2 aliphatic heterocycles. The second kappa shape index (κ2) is 8.86. The van der Waals surface area contributed by atoms with E-state index in [2.05, 4.69) is 5.32 Å². The second-order valence-electron chi connectivity index (χ2n) is 8.16. The fourth-order valence-corrected chi connectivity index (χ4v) is 4.48. The maximum atomic E-state index is 13.4. The van der Waals surface area contributed by atoms with E-state index in [1.807, 2.05) is 35.2 Å². The molecule has 0 saturated carbocycles.